The van der Waals surface area contributed by atoms with Gasteiger partial charge in [-0.3, -0.25) is 4.90 Å². The quantitative estimate of drug-likeness (QED) is 0.825. The van der Waals surface area contributed by atoms with E-state index >= 15 is 0 Å². The van der Waals surface area contributed by atoms with E-state index in [-0.39, 0.29) is 0 Å². The van der Waals surface area contributed by atoms with Gasteiger partial charge in [-0.1, -0.05) is 28.1 Å². The fourth-order valence-corrected chi connectivity index (χ4v) is 2.03. The number of hydrogen-bond acceptors (Lipinski definition) is 2. The summed E-state index contributed by atoms with van der Waals surface area (Å²) in [6.07, 6.45) is 0.589. The second-order valence-corrected chi connectivity index (χ2v) is 5.02. The smallest absolute Gasteiger partial charge is 0.0635 e. The summed E-state index contributed by atoms with van der Waals surface area (Å²) in [6, 6.07) is 11.0. The topological polar surface area (TPSA) is 27.0 Å². The minimum Gasteiger partial charge on any atom is -0.296 e. The van der Waals surface area contributed by atoms with E-state index in [9.17, 15) is 0 Å². The molecule has 2 nitrogen and oxygen atoms in total. The van der Waals surface area contributed by atoms with Gasteiger partial charge in [0.1, 0.15) is 0 Å². The lowest BCUT2D eigenvalue weighted by atomic mass is 10.2. The van der Waals surface area contributed by atoms with Crippen molar-refractivity contribution in [2.75, 3.05) is 6.54 Å². The summed E-state index contributed by atoms with van der Waals surface area (Å²) in [5.41, 5.74) is 1.28. The summed E-state index contributed by atoms with van der Waals surface area (Å²) in [4.78, 5) is 2.31. The number of nitriles is 1. The molecule has 0 aromatic heterocycles. The maximum Gasteiger partial charge on any atom is 0.0635 e. The van der Waals surface area contributed by atoms with Crippen LogP contribution < -0.4 is 0 Å². The minimum absolute atomic E-state index is 0.465. The molecule has 0 atom stereocenters. The molecule has 0 aliphatic carbocycles. The second kappa shape index (κ2) is 6.67. The van der Waals surface area contributed by atoms with Crippen molar-refractivity contribution in [3.8, 4) is 6.07 Å². The molecule has 0 N–H and O–H groups in total. The van der Waals surface area contributed by atoms with Gasteiger partial charge in [-0.05, 0) is 31.5 Å². The molecule has 86 valence electrons. The summed E-state index contributed by atoms with van der Waals surface area (Å²) >= 11 is 3.47. The number of rotatable bonds is 5. The summed E-state index contributed by atoms with van der Waals surface area (Å²) in [5.74, 6) is 0. The molecule has 1 aromatic rings. The van der Waals surface area contributed by atoms with Crippen LogP contribution in [0.3, 0.4) is 0 Å². The summed E-state index contributed by atoms with van der Waals surface area (Å²) in [6.45, 7) is 6.06. The molecule has 0 radical (unpaired) electrons. The summed E-state index contributed by atoms with van der Waals surface area (Å²) < 4.78 is 1.11. The molecule has 0 bridgehead atoms. The highest BCUT2D eigenvalue weighted by molar-refractivity contribution is 9.10. The van der Waals surface area contributed by atoms with Gasteiger partial charge in [0.2, 0.25) is 0 Å². The Morgan fingerprint density at radius 2 is 2.19 bits per heavy atom. The number of benzene rings is 1. The van der Waals surface area contributed by atoms with Crippen LogP contribution in [0.1, 0.15) is 25.8 Å². The molecule has 16 heavy (non-hydrogen) atoms. The molecule has 0 aliphatic heterocycles. The molecular formula is C13H17BrN2. The molecule has 0 fully saturated rings. The Labute approximate surface area is 106 Å². The molecule has 0 saturated heterocycles. The lowest BCUT2D eigenvalue weighted by molar-refractivity contribution is 0.218. The van der Waals surface area contributed by atoms with Gasteiger partial charge in [-0.15, -0.1) is 0 Å². The largest absolute Gasteiger partial charge is 0.296 e. The van der Waals surface area contributed by atoms with Crippen LogP contribution in [0.15, 0.2) is 28.7 Å². The first kappa shape index (κ1) is 13.2. The van der Waals surface area contributed by atoms with Crippen molar-refractivity contribution in [3.63, 3.8) is 0 Å². The van der Waals surface area contributed by atoms with E-state index in [4.69, 9.17) is 5.26 Å². The highest BCUT2D eigenvalue weighted by Crippen LogP contribution is 2.14. The SMILES string of the molecule is CC(C)N(CCC#N)Cc1cccc(Br)c1. The highest BCUT2D eigenvalue weighted by Gasteiger charge is 2.09. The van der Waals surface area contributed by atoms with Crippen molar-refractivity contribution in [2.24, 2.45) is 0 Å². The average molecular weight is 281 g/mol. The number of halogens is 1. The van der Waals surface area contributed by atoms with E-state index in [1.54, 1.807) is 0 Å². The van der Waals surface area contributed by atoms with Gasteiger partial charge in [-0.25, -0.2) is 0 Å². The zero-order valence-corrected chi connectivity index (χ0v) is 11.4. The van der Waals surface area contributed by atoms with E-state index in [1.165, 1.54) is 5.56 Å². The van der Waals surface area contributed by atoms with Crippen LogP contribution in [0.2, 0.25) is 0 Å². The molecule has 1 rings (SSSR count). The zero-order valence-electron chi connectivity index (χ0n) is 9.78. The number of nitrogens with zero attached hydrogens (tertiary/aromatic N) is 2. The van der Waals surface area contributed by atoms with E-state index in [0.29, 0.717) is 12.5 Å². The predicted molar refractivity (Wildman–Crippen MR) is 69.9 cm³/mol. The summed E-state index contributed by atoms with van der Waals surface area (Å²) in [5, 5.41) is 8.62. The standard InChI is InChI=1S/C13H17BrN2/c1-11(2)16(8-4-7-15)10-12-5-3-6-13(14)9-12/h3,5-6,9,11H,4,8,10H2,1-2H3. The van der Waals surface area contributed by atoms with Crippen molar-refractivity contribution >= 4 is 15.9 Å². The molecule has 0 amide bonds. The molecule has 0 heterocycles. The maximum atomic E-state index is 8.62. The van der Waals surface area contributed by atoms with E-state index in [1.807, 2.05) is 12.1 Å². The van der Waals surface area contributed by atoms with E-state index in [2.05, 4.69) is 52.9 Å². The molecule has 0 unspecified atom stereocenters. The molecule has 0 spiro atoms. The molecule has 3 heteroatoms. The van der Waals surface area contributed by atoms with Gasteiger partial charge in [-0.2, -0.15) is 5.26 Å². The fourth-order valence-electron chi connectivity index (χ4n) is 1.58. The van der Waals surface area contributed by atoms with Crippen LogP contribution in [-0.2, 0) is 6.54 Å². The molecule has 1 aromatic carbocycles. The van der Waals surface area contributed by atoms with Crippen molar-refractivity contribution in [1.29, 1.82) is 5.26 Å². The normalized spacial score (nSPS) is 10.8. The van der Waals surface area contributed by atoms with E-state index in [0.717, 1.165) is 17.6 Å². The third-order valence-electron chi connectivity index (χ3n) is 2.52. The van der Waals surface area contributed by atoms with Gasteiger partial charge >= 0.3 is 0 Å². The zero-order chi connectivity index (χ0) is 12.0. The monoisotopic (exact) mass is 280 g/mol. The maximum absolute atomic E-state index is 8.62. The van der Waals surface area contributed by atoms with Gasteiger partial charge in [0.15, 0.2) is 0 Å². The fraction of sp³-hybridized carbons (Fsp3) is 0.462. The Hall–Kier alpha value is -0.850. The lowest BCUT2D eigenvalue weighted by Crippen LogP contribution is -2.31. The van der Waals surface area contributed by atoms with Crippen LogP contribution in [0.5, 0.6) is 0 Å². The first-order valence-electron chi connectivity index (χ1n) is 5.49. The van der Waals surface area contributed by atoms with Crippen molar-refractivity contribution in [3.05, 3.63) is 34.3 Å². The molecular weight excluding hydrogens is 264 g/mol. The van der Waals surface area contributed by atoms with Crippen LogP contribution in [-0.4, -0.2) is 17.5 Å². The average Bonchev–Trinajstić information content (AvgIpc) is 2.24. The minimum atomic E-state index is 0.465. The van der Waals surface area contributed by atoms with Crippen molar-refractivity contribution in [2.45, 2.75) is 32.9 Å². The van der Waals surface area contributed by atoms with Gasteiger partial charge in [0, 0.05) is 30.0 Å². The third kappa shape index (κ3) is 4.34. The Morgan fingerprint density at radius 1 is 1.44 bits per heavy atom. The first-order chi connectivity index (χ1) is 7.63. The molecule has 0 aliphatic rings. The lowest BCUT2D eigenvalue weighted by Gasteiger charge is -2.25. The van der Waals surface area contributed by atoms with Gasteiger partial charge in [0.05, 0.1) is 6.07 Å². The Balaban J connectivity index is 2.64. The number of hydrogen-bond donors (Lipinski definition) is 0. The van der Waals surface area contributed by atoms with Gasteiger partial charge in [0.25, 0.3) is 0 Å². The first-order valence-corrected chi connectivity index (χ1v) is 6.28. The van der Waals surface area contributed by atoms with Crippen molar-refractivity contribution < 1.29 is 0 Å². The van der Waals surface area contributed by atoms with Crippen LogP contribution in [0.25, 0.3) is 0 Å². The predicted octanol–water partition coefficient (Wildman–Crippen LogP) is 3.57. The summed E-state index contributed by atoms with van der Waals surface area (Å²) in [7, 11) is 0. The van der Waals surface area contributed by atoms with E-state index < -0.39 is 0 Å². The Morgan fingerprint density at radius 3 is 2.75 bits per heavy atom. The highest BCUT2D eigenvalue weighted by atomic mass is 79.9. The van der Waals surface area contributed by atoms with Crippen LogP contribution in [0, 0.1) is 11.3 Å². The molecule has 0 saturated carbocycles. The van der Waals surface area contributed by atoms with Crippen LogP contribution >= 0.6 is 15.9 Å². The third-order valence-corrected chi connectivity index (χ3v) is 3.01. The second-order valence-electron chi connectivity index (χ2n) is 4.10. The Kier molecular flexibility index (Phi) is 5.51. The Bertz CT molecular complexity index is 368. The van der Waals surface area contributed by atoms with Gasteiger partial charge < -0.3 is 0 Å². The van der Waals surface area contributed by atoms with Crippen molar-refractivity contribution in [1.82, 2.24) is 4.90 Å². The van der Waals surface area contributed by atoms with Crippen LogP contribution in [0.4, 0.5) is 0 Å².